The number of nitrogens with zero attached hydrogens (tertiary/aromatic N) is 5. The van der Waals surface area contributed by atoms with Crippen LogP contribution >= 0.6 is 0 Å². The van der Waals surface area contributed by atoms with Crippen LogP contribution in [0, 0.1) is 5.41 Å². The van der Waals surface area contributed by atoms with Crippen LogP contribution in [0.1, 0.15) is 26.3 Å². The first-order chi connectivity index (χ1) is 13.8. The molecule has 0 aliphatic carbocycles. The first kappa shape index (κ1) is 19.3. The van der Waals surface area contributed by atoms with Gasteiger partial charge in [-0.1, -0.05) is 44.2 Å². The maximum atomic E-state index is 12.9. The molecule has 0 bridgehead atoms. The monoisotopic (exact) mass is 391 g/mol. The number of hydrogen-bond donors (Lipinski definition) is 1. The Hall–Kier alpha value is -3.06. The molecule has 1 unspecified atom stereocenters. The Bertz CT molecular complexity index is 1060. The van der Waals surface area contributed by atoms with Gasteiger partial charge in [0.1, 0.15) is 11.9 Å². The molecule has 7 nitrogen and oxygen atoms in total. The van der Waals surface area contributed by atoms with Crippen LogP contribution in [-0.4, -0.2) is 37.7 Å². The van der Waals surface area contributed by atoms with Crippen molar-refractivity contribution in [1.29, 1.82) is 0 Å². The average Bonchev–Trinajstić information content (AvgIpc) is 2.69. The number of rotatable bonds is 4. The molecule has 2 aromatic heterocycles. The van der Waals surface area contributed by atoms with Crippen LogP contribution in [0.5, 0.6) is 0 Å². The molecule has 3 heterocycles. The maximum absolute atomic E-state index is 12.9. The van der Waals surface area contributed by atoms with Gasteiger partial charge in [0.15, 0.2) is 0 Å². The zero-order valence-electron chi connectivity index (χ0n) is 16.9. The molecular weight excluding hydrogens is 366 g/mol. The number of anilines is 1. The molecule has 1 aliphatic rings. The summed E-state index contributed by atoms with van der Waals surface area (Å²) in [5.41, 5.74) is 0.571. The summed E-state index contributed by atoms with van der Waals surface area (Å²) in [4.78, 5) is 27.8. The van der Waals surface area contributed by atoms with Gasteiger partial charge in [-0.05, 0) is 18.6 Å². The van der Waals surface area contributed by atoms with Gasteiger partial charge in [0.05, 0.1) is 17.9 Å². The fourth-order valence-corrected chi connectivity index (χ4v) is 3.91. The van der Waals surface area contributed by atoms with E-state index in [-0.39, 0.29) is 11.0 Å². The van der Waals surface area contributed by atoms with E-state index < -0.39 is 5.60 Å². The van der Waals surface area contributed by atoms with Gasteiger partial charge >= 0.3 is 0 Å². The fourth-order valence-electron chi connectivity index (χ4n) is 3.91. The van der Waals surface area contributed by atoms with Gasteiger partial charge in [0.2, 0.25) is 5.95 Å². The second-order valence-electron chi connectivity index (χ2n) is 8.62. The number of benzene rings is 1. The first-order valence-electron chi connectivity index (χ1n) is 9.66. The smallest absolute Gasteiger partial charge is 0.255 e. The molecule has 0 spiro atoms. The predicted molar refractivity (Wildman–Crippen MR) is 112 cm³/mol. The molecule has 3 aromatic rings. The van der Waals surface area contributed by atoms with E-state index in [4.69, 9.17) is 4.98 Å². The summed E-state index contributed by atoms with van der Waals surface area (Å²) < 4.78 is 1.69. The van der Waals surface area contributed by atoms with E-state index in [0.717, 1.165) is 5.56 Å². The van der Waals surface area contributed by atoms with Crippen LogP contribution in [0.4, 0.5) is 5.95 Å². The SMILES string of the molecule is CC1(C)CN(CC(C)(O)c2ccccc2)c2nc(-c3ccncn3)cc(=O)n2C1. The summed E-state index contributed by atoms with van der Waals surface area (Å²) in [6.07, 6.45) is 3.07. The van der Waals surface area contributed by atoms with Crippen LogP contribution in [0.2, 0.25) is 0 Å². The Labute approximate surface area is 169 Å². The van der Waals surface area contributed by atoms with Crippen molar-refractivity contribution in [2.24, 2.45) is 5.41 Å². The lowest BCUT2D eigenvalue weighted by molar-refractivity contribution is 0.0599. The van der Waals surface area contributed by atoms with Crippen molar-refractivity contribution >= 4 is 5.95 Å². The number of aliphatic hydroxyl groups is 1. The van der Waals surface area contributed by atoms with Crippen molar-refractivity contribution < 1.29 is 5.11 Å². The van der Waals surface area contributed by atoms with Crippen molar-refractivity contribution in [3.63, 3.8) is 0 Å². The summed E-state index contributed by atoms with van der Waals surface area (Å²) in [6, 6.07) is 12.8. The van der Waals surface area contributed by atoms with Gasteiger partial charge in [-0.2, -0.15) is 0 Å². The molecule has 7 heteroatoms. The molecule has 150 valence electrons. The van der Waals surface area contributed by atoms with Gasteiger partial charge in [-0.25, -0.2) is 15.0 Å². The minimum Gasteiger partial charge on any atom is -0.384 e. The third-order valence-corrected chi connectivity index (χ3v) is 5.21. The summed E-state index contributed by atoms with van der Waals surface area (Å²) in [5.74, 6) is 0.557. The van der Waals surface area contributed by atoms with Crippen molar-refractivity contribution in [2.75, 3.05) is 18.0 Å². The third-order valence-electron chi connectivity index (χ3n) is 5.21. The number of hydrogen-bond acceptors (Lipinski definition) is 6. The maximum Gasteiger partial charge on any atom is 0.255 e. The van der Waals surface area contributed by atoms with Crippen LogP contribution < -0.4 is 10.5 Å². The number of aromatic nitrogens is 4. The lowest BCUT2D eigenvalue weighted by Gasteiger charge is -2.43. The molecule has 0 saturated heterocycles. The topological polar surface area (TPSA) is 84.1 Å². The molecule has 1 aromatic carbocycles. The molecule has 29 heavy (non-hydrogen) atoms. The number of β-amino-alcohol motifs (C(OH)–C–C–N with tert-alkyl or cyclic N) is 1. The van der Waals surface area contributed by atoms with Crippen molar-refractivity contribution in [2.45, 2.75) is 32.9 Å². The van der Waals surface area contributed by atoms with Gasteiger partial charge in [-0.15, -0.1) is 0 Å². The second kappa shape index (κ2) is 7.08. The lowest BCUT2D eigenvalue weighted by atomic mass is 9.89. The van der Waals surface area contributed by atoms with Gasteiger partial charge < -0.3 is 10.0 Å². The molecule has 0 radical (unpaired) electrons. The highest BCUT2D eigenvalue weighted by atomic mass is 16.3. The Morgan fingerprint density at radius 3 is 2.59 bits per heavy atom. The second-order valence-corrected chi connectivity index (χ2v) is 8.62. The fraction of sp³-hybridized carbons (Fsp3) is 0.364. The van der Waals surface area contributed by atoms with E-state index in [1.165, 1.54) is 12.4 Å². The molecule has 1 atom stereocenters. The molecule has 4 rings (SSSR count). The molecule has 1 N–H and O–H groups in total. The Morgan fingerprint density at radius 1 is 1.14 bits per heavy atom. The molecule has 1 aliphatic heterocycles. The molecule has 0 saturated carbocycles. The highest BCUT2D eigenvalue weighted by Gasteiger charge is 2.36. The molecule has 0 fully saturated rings. The summed E-state index contributed by atoms with van der Waals surface area (Å²) in [5, 5.41) is 11.2. The quantitative estimate of drug-likeness (QED) is 0.735. The zero-order chi connectivity index (χ0) is 20.6. The largest absolute Gasteiger partial charge is 0.384 e. The Kier molecular flexibility index (Phi) is 4.70. The van der Waals surface area contributed by atoms with Crippen molar-refractivity contribution in [3.8, 4) is 11.4 Å². The average molecular weight is 391 g/mol. The first-order valence-corrected chi connectivity index (χ1v) is 9.66. The summed E-state index contributed by atoms with van der Waals surface area (Å²) in [6.45, 7) is 7.59. The standard InChI is InChI=1S/C22H25N5O2/c1-21(2)12-26(14-22(3,29)16-7-5-4-6-8-16)20-25-18(11-19(28)27(20)13-21)17-9-10-23-15-24-17/h4-11,15,29H,12-14H2,1-3H3. The molecular formula is C22H25N5O2. The molecule has 0 amide bonds. The minimum atomic E-state index is -1.10. The van der Waals surface area contributed by atoms with Crippen molar-refractivity contribution in [1.82, 2.24) is 19.5 Å². The summed E-state index contributed by atoms with van der Waals surface area (Å²) in [7, 11) is 0. The van der Waals surface area contributed by atoms with E-state index in [9.17, 15) is 9.90 Å². The highest BCUT2D eigenvalue weighted by Crippen LogP contribution is 2.33. The minimum absolute atomic E-state index is 0.124. The van der Waals surface area contributed by atoms with Gasteiger partial charge in [0.25, 0.3) is 5.56 Å². The third kappa shape index (κ3) is 3.91. The summed E-state index contributed by atoms with van der Waals surface area (Å²) >= 11 is 0. The Balaban J connectivity index is 1.78. The van der Waals surface area contributed by atoms with Crippen LogP contribution in [0.25, 0.3) is 11.4 Å². The zero-order valence-corrected chi connectivity index (χ0v) is 16.9. The van der Waals surface area contributed by atoms with Gasteiger partial charge in [0, 0.05) is 30.8 Å². The van der Waals surface area contributed by atoms with Gasteiger partial charge in [-0.3, -0.25) is 9.36 Å². The van der Waals surface area contributed by atoms with E-state index in [1.54, 1.807) is 23.8 Å². The van der Waals surface area contributed by atoms with E-state index in [1.807, 2.05) is 35.2 Å². The van der Waals surface area contributed by atoms with Crippen LogP contribution in [0.15, 0.2) is 59.8 Å². The number of fused-ring (bicyclic) bond motifs is 1. The normalized spacial score (nSPS) is 17.4. The lowest BCUT2D eigenvalue weighted by Crippen LogP contribution is -2.51. The Morgan fingerprint density at radius 2 is 1.90 bits per heavy atom. The van der Waals surface area contributed by atoms with E-state index >= 15 is 0 Å². The highest BCUT2D eigenvalue weighted by molar-refractivity contribution is 5.55. The van der Waals surface area contributed by atoms with Crippen LogP contribution in [-0.2, 0) is 12.1 Å². The van der Waals surface area contributed by atoms with E-state index in [0.29, 0.717) is 37.0 Å². The van der Waals surface area contributed by atoms with Crippen molar-refractivity contribution in [3.05, 3.63) is 70.9 Å². The van der Waals surface area contributed by atoms with E-state index in [2.05, 4.69) is 23.8 Å². The predicted octanol–water partition coefficient (Wildman–Crippen LogP) is 2.45. The van der Waals surface area contributed by atoms with Crippen LogP contribution in [0.3, 0.4) is 0 Å².